The first kappa shape index (κ1) is 16.1. The molecule has 1 atom stereocenters. The summed E-state index contributed by atoms with van der Waals surface area (Å²) in [5.41, 5.74) is 0. The quantitative estimate of drug-likeness (QED) is 0.562. The molecule has 0 spiro atoms. The van der Waals surface area contributed by atoms with Crippen LogP contribution in [0.25, 0.3) is 0 Å². The van der Waals surface area contributed by atoms with Crippen LogP contribution >= 0.6 is 9.90 Å². The van der Waals surface area contributed by atoms with E-state index in [0.717, 1.165) is 11.5 Å². The molecule has 0 fully saturated rings. The van der Waals surface area contributed by atoms with Gasteiger partial charge >= 0.3 is 0 Å². The SMILES string of the molecule is C=CC=C.P.c1ccc(Oc2ccccc2)cc1. The van der Waals surface area contributed by atoms with Gasteiger partial charge < -0.3 is 4.74 Å². The van der Waals surface area contributed by atoms with Gasteiger partial charge in [-0.3, -0.25) is 0 Å². The second-order valence-electron chi connectivity index (χ2n) is 3.20. The van der Waals surface area contributed by atoms with E-state index in [2.05, 4.69) is 13.2 Å². The molecule has 0 saturated carbocycles. The van der Waals surface area contributed by atoms with Gasteiger partial charge in [0.15, 0.2) is 0 Å². The zero-order chi connectivity index (χ0) is 12.3. The predicted molar refractivity (Wildman–Crippen MR) is 84.5 cm³/mol. The first-order valence-corrected chi connectivity index (χ1v) is 5.38. The van der Waals surface area contributed by atoms with E-state index >= 15 is 0 Å². The summed E-state index contributed by atoms with van der Waals surface area (Å²) in [6, 6.07) is 19.5. The van der Waals surface area contributed by atoms with Crippen molar-refractivity contribution in [3.8, 4) is 11.5 Å². The van der Waals surface area contributed by atoms with Crippen LogP contribution in [0.4, 0.5) is 0 Å². The first-order valence-electron chi connectivity index (χ1n) is 5.38. The highest BCUT2D eigenvalue weighted by Gasteiger charge is 1.92. The lowest BCUT2D eigenvalue weighted by Gasteiger charge is -2.03. The van der Waals surface area contributed by atoms with Crippen LogP contribution in [0.15, 0.2) is 86.0 Å². The van der Waals surface area contributed by atoms with E-state index in [4.69, 9.17) is 4.74 Å². The summed E-state index contributed by atoms with van der Waals surface area (Å²) in [7, 11) is 0. The van der Waals surface area contributed by atoms with Crippen molar-refractivity contribution in [2.24, 2.45) is 0 Å². The second kappa shape index (κ2) is 10.3. The lowest BCUT2D eigenvalue weighted by atomic mass is 10.3. The van der Waals surface area contributed by atoms with Gasteiger partial charge in [0.25, 0.3) is 0 Å². The lowest BCUT2D eigenvalue weighted by Crippen LogP contribution is -1.81. The largest absolute Gasteiger partial charge is 0.457 e. The third-order valence-electron chi connectivity index (χ3n) is 1.89. The summed E-state index contributed by atoms with van der Waals surface area (Å²) < 4.78 is 5.58. The van der Waals surface area contributed by atoms with Crippen molar-refractivity contribution in [1.82, 2.24) is 0 Å². The Morgan fingerprint density at radius 2 is 1.00 bits per heavy atom. The highest BCUT2D eigenvalue weighted by Crippen LogP contribution is 2.19. The Morgan fingerprint density at radius 1 is 0.667 bits per heavy atom. The Morgan fingerprint density at radius 3 is 1.28 bits per heavy atom. The number of allylic oxidation sites excluding steroid dienone is 2. The minimum absolute atomic E-state index is 0. The average Bonchev–Trinajstić information content (AvgIpc) is 2.41. The first-order chi connectivity index (χ1) is 8.36. The number of hydrogen-bond donors (Lipinski definition) is 0. The molecule has 1 nitrogen and oxygen atoms in total. The van der Waals surface area contributed by atoms with E-state index in [1.165, 1.54) is 0 Å². The van der Waals surface area contributed by atoms with Crippen LogP contribution in [-0.2, 0) is 0 Å². The Balaban J connectivity index is 0.000000512. The maximum atomic E-state index is 5.58. The molecule has 1 unspecified atom stereocenters. The lowest BCUT2D eigenvalue weighted by molar-refractivity contribution is 0.482. The van der Waals surface area contributed by atoms with Crippen molar-refractivity contribution in [3.05, 3.63) is 86.0 Å². The predicted octanol–water partition coefficient (Wildman–Crippen LogP) is 4.90. The summed E-state index contributed by atoms with van der Waals surface area (Å²) in [5, 5.41) is 0. The normalized spacial score (nSPS) is 8.00. The third-order valence-corrected chi connectivity index (χ3v) is 1.89. The van der Waals surface area contributed by atoms with Crippen LogP contribution in [0, 0.1) is 0 Å². The Labute approximate surface area is 112 Å². The van der Waals surface area contributed by atoms with Crippen LogP contribution in [0.3, 0.4) is 0 Å². The fourth-order valence-corrected chi connectivity index (χ4v) is 1.11. The smallest absolute Gasteiger partial charge is 0.127 e. The van der Waals surface area contributed by atoms with Gasteiger partial charge in [-0.2, -0.15) is 9.90 Å². The number of para-hydroxylation sites is 2. The van der Waals surface area contributed by atoms with Crippen LogP contribution in [0.5, 0.6) is 11.5 Å². The van der Waals surface area contributed by atoms with Crippen molar-refractivity contribution in [3.63, 3.8) is 0 Å². The molecular formula is C16H19OP. The molecule has 0 aromatic heterocycles. The van der Waals surface area contributed by atoms with Crippen molar-refractivity contribution in [1.29, 1.82) is 0 Å². The zero-order valence-corrected chi connectivity index (χ0v) is 11.9. The Bertz CT molecular complexity index is 394. The standard InChI is InChI=1S/C12H10O.C4H6.H3P/c1-3-7-11(8-4-1)13-12-9-5-2-6-10-12;1-3-4-2;/h1-10H;3-4H,1-2H2;1H3. The van der Waals surface area contributed by atoms with Gasteiger partial charge in [0.05, 0.1) is 0 Å². The third kappa shape index (κ3) is 6.67. The van der Waals surface area contributed by atoms with Gasteiger partial charge in [-0.1, -0.05) is 61.7 Å². The average molecular weight is 258 g/mol. The van der Waals surface area contributed by atoms with E-state index in [1.807, 2.05) is 60.7 Å². The van der Waals surface area contributed by atoms with E-state index in [9.17, 15) is 0 Å². The topological polar surface area (TPSA) is 9.23 Å². The molecule has 2 rings (SSSR count). The molecule has 0 aliphatic carbocycles. The van der Waals surface area contributed by atoms with Crippen molar-refractivity contribution in [2.45, 2.75) is 0 Å². The molecule has 0 aliphatic rings. The molecule has 2 aromatic carbocycles. The van der Waals surface area contributed by atoms with Gasteiger partial charge in [0, 0.05) is 0 Å². The van der Waals surface area contributed by atoms with Gasteiger partial charge in [0.2, 0.25) is 0 Å². The highest BCUT2D eigenvalue weighted by molar-refractivity contribution is 6.92. The van der Waals surface area contributed by atoms with Crippen molar-refractivity contribution >= 4 is 9.90 Å². The molecule has 2 aromatic rings. The monoisotopic (exact) mass is 258 g/mol. The van der Waals surface area contributed by atoms with Crippen LogP contribution in [0.1, 0.15) is 0 Å². The fraction of sp³-hybridized carbons (Fsp3) is 0. The summed E-state index contributed by atoms with van der Waals surface area (Å²) in [6.07, 6.45) is 3.28. The molecule has 0 radical (unpaired) electrons. The van der Waals surface area contributed by atoms with Crippen molar-refractivity contribution in [2.75, 3.05) is 0 Å². The molecule has 2 heteroatoms. The summed E-state index contributed by atoms with van der Waals surface area (Å²) in [6.45, 7) is 6.72. The number of benzene rings is 2. The molecule has 0 bridgehead atoms. The number of rotatable bonds is 3. The molecule has 0 saturated heterocycles. The molecule has 94 valence electrons. The van der Waals surface area contributed by atoms with E-state index in [0.29, 0.717) is 0 Å². The van der Waals surface area contributed by atoms with Gasteiger partial charge in [-0.25, -0.2) is 0 Å². The van der Waals surface area contributed by atoms with Gasteiger partial charge in [-0.15, -0.1) is 0 Å². The Hall–Kier alpha value is -1.85. The van der Waals surface area contributed by atoms with Gasteiger partial charge in [0.1, 0.15) is 11.5 Å². The van der Waals surface area contributed by atoms with Crippen LogP contribution in [-0.4, -0.2) is 0 Å². The maximum absolute atomic E-state index is 5.58. The van der Waals surface area contributed by atoms with Crippen LogP contribution in [0.2, 0.25) is 0 Å². The molecule has 0 aliphatic heterocycles. The number of hydrogen-bond acceptors (Lipinski definition) is 1. The summed E-state index contributed by atoms with van der Waals surface area (Å²) in [5.74, 6) is 1.74. The van der Waals surface area contributed by atoms with Crippen LogP contribution < -0.4 is 4.74 Å². The Kier molecular flexibility index (Phi) is 9.25. The molecular weight excluding hydrogens is 239 g/mol. The maximum Gasteiger partial charge on any atom is 0.127 e. The highest BCUT2D eigenvalue weighted by atomic mass is 31.0. The molecule has 0 N–H and O–H groups in total. The number of ether oxygens (including phenoxy) is 1. The fourth-order valence-electron chi connectivity index (χ4n) is 1.11. The minimum Gasteiger partial charge on any atom is -0.457 e. The minimum atomic E-state index is 0. The molecule has 0 amide bonds. The van der Waals surface area contributed by atoms with Crippen molar-refractivity contribution < 1.29 is 4.74 Å². The van der Waals surface area contributed by atoms with E-state index < -0.39 is 0 Å². The zero-order valence-electron chi connectivity index (χ0n) is 10.5. The summed E-state index contributed by atoms with van der Waals surface area (Å²) in [4.78, 5) is 0. The van der Waals surface area contributed by atoms with Gasteiger partial charge in [-0.05, 0) is 24.3 Å². The second-order valence-corrected chi connectivity index (χ2v) is 3.20. The summed E-state index contributed by atoms with van der Waals surface area (Å²) >= 11 is 0. The van der Waals surface area contributed by atoms with E-state index in [1.54, 1.807) is 12.2 Å². The van der Waals surface area contributed by atoms with E-state index in [-0.39, 0.29) is 9.90 Å². The molecule has 18 heavy (non-hydrogen) atoms. The molecule has 0 heterocycles.